The van der Waals surface area contributed by atoms with Crippen LogP contribution >= 0.6 is 0 Å². The summed E-state index contributed by atoms with van der Waals surface area (Å²) in [6, 6.07) is 8.38. The number of nitrogens with zero attached hydrogens (tertiary/aromatic N) is 3. The van der Waals surface area contributed by atoms with E-state index in [1.165, 1.54) is 5.57 Å². The van der Waals surface area contributed by atoms with Crippen LogP contribution in [-0.4, -0.2) is 35.8 Å². The summed E-state index contributed by atoms with van der Waals surface area (Å²) in [4.78, 5) is 0. The normalized spacial score (nSPS) is 14.8. The van der Waals surface area contributed by atoms with Gasteiger partial charge in [-0.25, -0.2) is 0 Å². The molecule has 1 aromatic rings. The molecular formula is C20H34N4O. The molecule has 1 aromatic carbocycles. The first kappa shape index (κ1) is 21.2. The number of aliphatic hydroxyl groups excluding tert-OH is 1. The quantitative estimate of drug-likeness (QED) is 0.368. The zero-order valence-electron chi connectivity index (χ0n) is 16.5. The average molecular weight is 347 g/mol. The van der Waals surface area contributed by atoms with Gasteiger partial charge in [-0.05, 0) is 50.8 Å². The van der Waals surface area contributed by atoms with E-state index in [2.05, 4.69) is 56.3 Å². The van der Waals surface area contributed by atoms with Crippen molar-refractivity contribution in [2.24, 2.45) is 16.3 Å². The van der Waals surface area contributed by atoms with Crippen molar-refractivity contribution in [3.8, 4) is 0 Å². The Labute approximate surface area is 152 Å². The molecule has 0 bridgehead atoms. The van der Waals surface area contributed by atoms with E-state index in [1.807, 2.05) is 36.3 Å². The van der Waals surface area contributed by atoms with Gasteiger partial charge in [0.05, 0.1) is 12.6 Å². The van der Waals surface area contributed by atoms with Crippen LogP contribution in [0.4, 0.5) is 5.69 Å². The Morgan fingerprint density at radius 3 is 2.40 bits per heavy atom. The molecule has 2 atom stereocenters. The Hall–Kier alpha value is -1.88. The highest BCUT2D eigenvalue weighted by Gasteiger charge is 2.12. The highest BCUT2D eigenvalue weighted by Crippen LogP contribution is 2.17. The third-order valence-corrected chi connectivity index (χ3v) is 4.58. The Balaban J connectivity index is 2.64. The van der Waals surface area contributed by atoms with Crippen molar-refractivity contribution in [3.05, 3.63) is 41.5 Å². The lowest BCUT2D eigenvalue weighted by atomic mass is 10.0. The van der Waals surface area contributed by atoms with Crippen LogP contribution in [0.2, 0.25) is 0 Å². The third-order valence-electron chi connectivity index (χ3n) is 4.58. The number of hydrogen-bond donors (Lipinski definition) is 2. The molecule has 140 valence electrons. The lowest BCUT2D eigenvalue weighted by molar-refractivity contribution is 0.282. The lowest BCUT2D eigenvalue weighted by Gasteiger charge is -2.23. The first-order chi connectivity index (χ1) is 11.9. The highest BCUT2D eigenvalue weighted by atomic mass is 16.3. The molecular weight excluding hydrogens is 312 g/mol. The molecule has 0 saturated carbocycles. The van der Waals surface area contributed by atoms with Crippen LogP contribution < -0.4 is 5.32 Å². The molecule has 5 heteroatoms. The van der Waals surface area contributed by atoms with Gasteiger partial charge in [0, 0.05) is 25.3 Å². The second-order valence-corrected chi connectivity index (χ2v) is 6.94. The molecule has 25 heavy (non-hydrogen) atoms. The predicted octanol–water partition coefficient (Wildman–Crippen LogP) is 4.66. The number of hydrogen-bond acceptors (Lipinski definition) is 4. The van der Waals surface area contributed by atoms with Crippen LogP contribution in [-0.2, 0) is 6.61 Å². The summed E-state index contributed by atoms with van der Waals surface area (Å²) in [5.74, 6) is 0.499. The average Bonchev–Trinajstić information content (AvgIpc) is 2.62. The van der Waals surface area contributed by atoms with Gasteiger partial charge in [0.1, 0.15) is 0 Å². The monoisotopic (exact) mass is 346 g/mol. The van der Waals surface area contributed by atoms with Crippen molar-refractivity contribution in [3.63, 3.8) is 0 Å². The van der Waals surface area contributed by atoms with Gasteiger partial charge in [-0.3, -0.25) is 5.01 Å². The molecule has 0 aliphatic heterocycles. The molecule has 0 heterocycles. The van der Waals surface area contributed by atoms with E-state index in [0.29, 0.717) is 5.92 Å². The molecule has 0 aliphatic rings. The van der Waals surface area contributed by atoms with E-state index < -0.39 is 0 Å². The highest BCUT2D eigenvalue weighted by molar-refractivity contribution is 5.47. The van der Waals surface area contributed by atoms with Gasteiger partial charge >= 0.3 is 0 Å². The second kappa shape index (κ2) is 10.9. The van der Waals surface area contributed by atoms with Crippen molar-refractivity contribution < 1.29 is 5.11 Å². The van der Waals surface area contributed by atoms with Crippen LogP contribution in [0.1, 0.15) is 46.6 Å². The van der Waals surface area contributed by atoms with Gasteiger partial charge in [-0.2, -0.15) is 5.11 Å². The minimum absolute atomic E-state index is 0.0716. The van der Waals surface area contributed by atoms with Crippen molar-refractivity contribution in [2.75, 3.05) is 18.9 Å². The summed E-state index contributed by atoms with van der Waals surface area (Å²) < 4.78 is 0. The molecule has 1 rings (SSSR count). The smallest absolute Gasteiger partial charge is 0.0724 e. The van der Waals surface area contributed by atoms with Crippen molar-refractivity contribution in [1.82, 2.24) is 5.01 Å². The summed E-state index contributed by atoms with van der Waals surface area (Å²) in [6.07, 6.45) is 3.08. The summed E-state index contributed by atoms with van der Waals surface area (Å²) >= 11 is 0. The first-order valence-corrected chi connectivity index (χ1v) is 9.08. The van der Waals surface area contributed by atoms with Crippen LogP contribution in [0.3, 0.4) is 0 Å². The molecule has 5 nitrogen and oxygen atoms in total. The fourth-order valence-corrected chi connectivity index (χ4v) is 2.19. The number of nitrogens with one attached hydrogen (secondary N) is 1. The Morgan fingerprint density at radius 1 is 1.24 bits per heavy atom. The first-order valence-electron chi connectivity index (χ1n) is 9.08. The number of anilines is 1. The van der Waals surface area contributed by atoms with E-state index in [4.69, 9.17) is 5.11 Å². The van der Waals surface area contributed by atoms with Crippen LogP contribution in [0.25, 0.3) is 0 Å². The number of rotatable bonds is 10. The maximum atomic E-state index is 9.15. The molecule has 1 unspecified atom stereocenters. The molecule has 2 N–H and O–H groups in total. The van der Waals surface area contributed by atoms with Gasteiger partial charge in [0.25, 0.3) is 0 Å². The zero-order chi connectivity index (χ0) is 18.8. The van der Waals surface area contributed by atoms with Crippen molar-refractivity contribution >= 4 is 5.69 Å². The van der Waals surface area contributed by atoms with Crippen LogP contribution in [0.15, 0.2) is 46.3 Å². The van der Waals surface area contributed by atoms with E-state index in [1.54, 1.807) is 0 Å². The number of allylic oxidation sites excluding steroid dienone is 1. The van der Waals surface area contributed by atoms with Crippen molar-refractivity contribution in [1.29, 1.82) is 0 Å². The molecule has 0 spiro atoms. The van der Waals surface area contributed by atoms with Crippen LogP contribution in [0.5, 0.6) is 0 Å². The molecule has 0 aliphatic carbocycles. The SMILES string of the molecule is C/C=C(\C)C(CCN(C)/N=N\[C@H](C)C(C)C)Nc1ccc(CO)cc1. The largest absolute Gasteiger partial charge is 0.392 e. The Kier molecular flexibility index (Phi) is 9.21. The lowest BCUT2D eigenvalue weighted by Crippen LogP contribution is -2.26. The van der Waals surface area contributed by atoms with Gasteiger partial charge in [0.15, 0.2) is 0 Å². The molecule has 0 amide bonds. The summed E-state index contributed by atoms with van der Waals surface area (Å²) in [5.41, 5.74) is 3.28. The van der Waals surface area contributed by atoms with Gasteiger partial charge in [-0.15, -0.1) is 0 Å². The zero-order valence-corrected chi connectivity index (χ0v) is 16.5. The van der Waals surface area contributed by atoms with Gasteiger partial charge in [-0.1, -0.05) is 42.9 Å². The number of aliphatic hydroxyl groups is 1. The van der Waals surface area contributed by atoms with Gasteiger partial charge in [0.2, 0.25) is 0 Å². The maximum Gasteiger partial charge on any atom is 0.0724 e. The van der Waals surface area contributed by atoms with Crippen LogP contribution in [0, 0.1) is 5.92 Å². The predicted molar refractivity (Wildman–Crippen MR) is 106 cm³/mol. The topological polar surface area (TPSA) is 60.2 Å². The number of benzene rings is 1. The van der Waals surface area contributed by atoms with E-state index in [-0.39, 0.29) is 18.7 Å². The van der Waals surface area contributed by atoms with Crippen molar-refractivity contribution in [2.45, 2.75) is 59.7 Å². The summed E-state index contributed by atoms with van der Waals surface area (Å²) in [5, 5.41) is 23.3. The van der Waals surface area contributed by atoms with E-state index >= 15 is 0 Å². The molecule has 0 saturated heterocycles. The third kappa shape index (κ3) is 7.69. The standard InChI is InChI=1S/C20H34N4O/c1-7-16(4)20(21-19-10-8-18(14-25)9-11-19)12-13-24(6)23-22-17(5)15(2)3/h7-11,15,17,20-21,25H,12-14H2,1-6H3/b16-7+,23-22-/t17-,20?/m1/s1. The fraction of sp³-hybridized carbons (Fsp3) is 0.600. The maximum absolute atomic E-state index is 9.15. The molecule has 0 fully saturated rings. The van der Waals surface area contributed by atoms with E-state index in [9.17, 15) is 0 Å². The summed E-state index contributed by atoms with van der Waals surface area (Å²) in [6.45, 7) is 11.5. The minimum atomic E-state index is 0.0716. The molecule has 0 radical (unpaired) electrons. The molecule has 0 aromatic heterocycles. The second-order valence-electron chi connectivity index (χ2n) is 6.94. The summed E-state index contributed by atoms with van der Waals surface area (Å²) in [7, 11) is 1.97. The Morgan fingerprint density at radius 2 is 1.88 bits per heavy atom. The van der Waals surface area contributed by atoms with E-state index in [0.717, 1.165) is 24.2 Å². The van der Waals surface area contributed by atoms with Gasteiger partial charge < -0.3 is 10.4 Å². The Bertz CT molecular complexity index is 551. The fourth-order valence-electron chi connectivity index (χ4n) is 2.19. The minimum Gasteiger partial charge on any atom is -0.392 e.